The van der Waals surface area contributed by atoms with Gasteiger partial charge in [-0.2, -0.15) is 0 Å². The smallest absolute Gasteiger partial charge is 0.270 e. The van der Waals surface area contributed by atoms with E-state index in [1.807, 2.05) is 29.2 Å². The Kier molecular flexibility index (Phi) is 8.30. The van der Waals surface area contributed by atoms with Crippen LogP contribution >= 0.6 is 11.6 Å². The quantitative estimate of drug-likeness (QED) is 0.453. The SMILES string of the molecule is CS(=O)(=O)Nc1ccccc1N1CCN(C(=O)C(Cc2ccc(Cl)cc2)NC(=O)c2ccccn2)CC1. The van der Waals surface area contributed by atoms with Gasteiger partial charge in [0.05, 0.1) is 17.6 Å². The third-order valence-corrected chi connectivity index (χ3v) is 6.83. The van der Waals surface area contributed by atoms with Crippen LogP contribution in [0.5, 0.6) is 0 Å². The molecule has 9 nitrogen and oxygen atoms in total. The monoisotopic (exact) mass is 541 g/mol. The van der Waals surface area contributed by atoms with Gasteiger partial charge >= 0.3 is 0 Å². The topological polar surface area (TPSA) is 112 Å². The third-order valence-electron chi connectivity index (χ3n) is 5.99. The molecule has 37 heavy (non-hydrogen) atoms. The number of halogens is 1. The number of rotatable bonds is 8. The maximum absolute atomic E-state index is 13.6. The van der Waals surface area contributed by atoms with Crippen molar-refractivity contribution in [3.8, 4) is 0 Å². The number of nitrogens with one attached hydrogen (secondary N) is 2. The van der Waals surface area contributed by atoms with Crippen molar-refractivity contribution in [1.29, 1.82) is 0 Å². The number of carbonyl (C=O) groups excluding carboxylic acids is 2. The molecule has 2 aromatic carbocycles. The number of para-hydroxylation sites is 2. The summed E-state index contributed by atoms with van der Waals surface area (Å²) in [6.07, 6.45) is 2.94. The predicted octanol–water partition coefficient (Wildman–Crippen LogP) is 2.80. The van der Waals surface area contributed by atoms with Crippen LogP contribution in [0.2, 0.25) is 5.02 Å². The number of piperazine rings is 1. The molecule has 4 rings (SSSR count). The molecule has 3 aromatic rings. The van der Waals surface area contributed by atoms with E-state index in [0.717, 1.165) is 17.5 Å². The standard InChI is InChI=1S/C26H28ClN5O4S/c1-37(35,36)30-21-6-2-3-8-24(21)31-14-16-32(17-15-31)26(34)23(18-19-9-11-20(27)12-10-19)29-25(33)22-7-4-5-13-28-22/h2-13,23,30H,14-18H2,1H3,(H,29,33). The maximum atomic E-state index is 13.6. The first-order chi connectivity index (χ1) is 17.7. The Morgan fingerprint density at radius 3 is 2.30 bits per heavy atom. The number of sulfonamides is 1. The van der Waals surface area contributed by atoms with Gasteiger partial charge in [0.2, 0.25) is 15.9 Å². The molecule has 1 saturated heterocycles. The first-order valence-corrected chi connectivity index (χ1v) is 14.0. The highest BCUT2D eigenvalue weighted by Gasteiger charge is 2.30. The van der Waals surface area contributed by atoms with Gasteiger partial charge in [0.25, 0.3) is 5.91 Å². The van der Waals surface area contributed by atoms with Crippen LogP contribution in [0.4, 0.5) is 11.4 Å². The molecule has 1 atom stereocenters. The Morgan fingerprint density at radius 2 is 1.65 bits per heavy atom. The summed E-state index contributed by atoms with van der Waals surface area (Å²) in [5.74, 6) is -0.617. The lowest BCUT2D eigenvalue weighted by molar-refractivity contribution is -0.133. The van der Waals surface area contributed by atoms with Gasteiger partial charge in [-0.1, -0.05) is 41.9 Å². The fraction of sp³-hybridized carbons (Fsp3) is 0.269. The van der Waals surface area contributed by atoms with E-state index in [4.69, 9.17) is 11.6 Å². The first kappa shape index (κ1) is 26.4. The van der Waals surface area contributed by atoms with E-state index in [0.29, 0.717) is 43.3 Å². The lowest BCUT2D eigenvalue weighted by Crippen LogP contribution is -2.55. The Balaban J connectivity index is 1.48. The zero-order chi connectivity index (χ0) is 26.4. The number of nitrogens with zero attached hydrogens (tertiary/aromatic N) is 3. The molecule has 2 N–H and O–H groups in total. The van der Waals surface area contributed by atoms with Crippen LogP contribution in [0.1, 0.15) is 16.1 Å². The molecule has 0 aliphatic carbocycles. The number of pyridine rings is 1. The zero-order valence-corrected chi connectivity index (χ0v) is 21.9. The van der Waals surface area contributed by atoms with E-state index in [-0.39, 0.29) is 11.6 Å². The van der Waals surface area contributed by atoms with E-state index in [9.17, 15) is 18.0 Å². The second-order valence-corrected chi connectivity index (χ2v) is 11.0. The molecule has 2 heterocycles. The number of hydrogen-bond donors (Lipinski definition) is 2. The van der Waals surface area contributed by atoms with Crippen LogP contribution in [0.15, 0.2) is 72.9 Å². The van der Waals surface area contributed by atoms with Gasteiger partial charge in [0.15, 0.2) is 0 Å². The van der Waals surface area contributed by atoms with Crippen molar-refractivity contribution in [2.45, 2.75) is 12.5 Å². The van der Waals surface area contributed by atoms with Crippen molar-refractivity contribution in [2.75, 3.05) is 42.1 Å². The zero-order valence-electron chi connectivity index (χ0n) is 20.3. The van der Waals surface area contributed by atoms with Gasteiger partial charge in [0, 0.05) is 43.8 Å². The molecular formula is C26H28ClN5O4S. The second-order valence-electron chi connectivity index (χ2n) is 8.78. The van der Waals surface area contributed by atoms with Crippen LogP contribution in [0, 0.1) is 0 Å². The molecule has 11 heteroatoms. The highest BCUT2D eigenvalue weighted by atomic mass is 35.5. The van der Waals surface area contributed by atoms with Gasteiger partial charge in [-0.05, 0) is 42.0 Å². The van der Waals surface area contributed by atoms with Crippen LogP contribution in [0.25, 0.3) is 0 Å². The van der Waals surface area contributed by atoms with Crippen molar-refractivity contribution in [3.05, 3.63) is 89.2 Å². The summed E-state index contributed by atoms with van der Waals surface area (Å²) in [6.45, 7) is 1.86. The third kappa shape index (κ3) is 7.21. The van der Waals surface area contributed by atoms with Crippen LogP contribution in [0.3, 0.4) is 0 Å². The molecule has 194 valence electrons. The number of carbonyl (C=O) groups is 2. The summed E-state index contributed by atoms with van der Waals surface area (Å²) in [4.78, 5) is 34.3. The van der Waals surface area contributed by atoms with Crippen molar-refractivity contribution in [3.63, 3.8) is 0 Å². The average molecular weight is 542 g/mol. The fourth-order valence-corrected chi connectivity index (χ4v) is 4.91. The fourth-order valence-electron chi connectivity index (χ4n) is 4.21. The number of amides is 2. The lowest BCUT2D eigenvalue weighted by atomic mass is 10.0. The second kappa shape index (κ2) is 11.6. The summed E-state index contributed by atoms with van der Waals surface area (Å²) in [7, 11) is -3.44. The molecule has 1 aliphatic rings. The highest BCUT2D eigenvalue weighted by molar-refractivity contribution is 7.92. The molecule has 2 amide bonds. The van der Waals surface area contributed by atoms with Crippen molar-refractivity contribution in [2.24, 2.45) is 0 Å². The minimum absolute atomic E-state index is 0.193. The minimum atomic E-state index is -3.44. The van der Waals surface area contributed by atoms with Gasteiger partial charge in [-0.25, -0.2) is 8.42 Å². The van der Waals surface area contributed by atoms with Crippen LogP contribution in [-0.4, -0.2) is 68.6 Å². The normalized spacial score (nSPS) is 14.6. The van der Waals surface area contributed by atoms with E-state index >= 15 is 0 Å². The van der Waals surface area contributed by atoms with E-state index in [1.165, 1.54) is 6.20 Å². The summed E-state index contributed by atoms with van der Waals surface area (Å²) < 4.78 is 26.1. The Bertz CT molecular complexity index is 1340. The molecule has 1 aliphatic heterocycles. The largest absolute Gasteiger partial charge is 0.366 e. The van der Waals surface area contributed by atoms with Crippen LogP contribution in [-0.2, 0) is 21.2 Å². The summed E-state index contributed by atoms with van der Waals surface area (Å²) in [5.41, 5.74) is 2.34. The lowest BCUT2D eigenvalue weighted by Gasteiger charge is -2.38. The van der Waals surface area contributed by atoms with Crippen molar-refractivity contribution in [1.82, 2.24) is 15.2 Å². The van der Waals surface area contributed by atoms with E-state index in [1.54, 1.807) is 47.4 Å². The number of aromatic nitrogens is 1. The maximum Gasteiger partial charge on any atom is 0.270 e. The summed E-state index contributed by atoms with van der Waals surface area (Å²) in [6, 6.07) is 18.6. The molecule has 0 saturated carbocycles. The average Bonchev–Trinajstić information content (AvgIpc) is 2.89. The van der Waals surface area contributed by atoms with E-state index < -0.39 is 22.0 Å². The number of benzene rings is 2. The Labute approximate surface area is 221 Å². The Morgan fingerprint density at radius 1 is 0.973 bits per heavy atom. The van der Waals surface area contributed by atoms with Crippen LogP contribution < -0.4 is 14.9 Å². The van der Waals surface area contributed by atoms with E-state index in [2.05, 4.69) is 15.0 Å². The first-order valence-electron chi connectivity index (χ1n) is 11.8. The molecule has 1 unspecified atom stereocenters. The van der Waals surface area contributed by atoms with Gasteiger partial charge in [-0.15, -0.1) is 0 Å². The minimum Gasteiger partial charge on any atom is -0.366 e. The molecule has 1 fully saturated rings. The predicted molar refractivity (Wildman–Crippen MR) is 144 cm³/mol. The van der Waals surface area contributed by atoms with Gasteiger partial charge in [0.1, 0.15) is 11.7 Å². The molecule has 1 aromatic heterocycles. The number of hydrogen-bond acceptors (Lipinski definition) is 6. The molecule has 0 radical (unpaired) electrons. The summed E-state index contributed by atoms with van der Waals surface area (Å²) >= 11 is 6.01. The molecule has 0 bridgehead atoms. The van der Waals surface area contributed by atoms with Crippen molar-refractivity contribution >= 4 is 44.8 Å². The molecular weight excluding hydrogens is 514 g/mol. The number of anilines is 2. The van der Waals surface area contributed by atoms with Gasteiger partial charge in [-0.3, -0.25) is 19.3 Å². The Hall–Kier alpha value is -3.63. The van der Waals surface area contributed by atoms with Gasteiger partial charge < -0.3 is 15.1 Å². The highest BCUT2D eigenvalue weighted by Crippen LogP contribution is 2.27. The molecule has 0 spiro atoms. The summed E-state index contributed by atoms with van der Waals surface area (Å²) in [5, 5.41) is 3.44. The van der Waals surface area contributed by atoms with Crippen molar-refractivity contribution < 1.29 is 18.0 Å².